The van der Waals surface area contributed by atoms with Crippen LogP contribution in [0.1, 0.15) is 0 Å². The number of phenolic OH excluding ortho intramolecular Hbond substituents is 1. The van der Waals surface area contributed by atoms with Crippen LogP contribution in [0.5, 0.6) is 5.75 Å². The average Bonchev–Trinajstić information content (AvgIpc) is 2.72. The highest BCUT2D eigenvalue weighted by Crippen LogP contribution is 2.64. The van der Waals surface area contributed by atoms with Gasteiger partial charge in [-0.1, -0.05) is 0 Å². The van der Waals surface area contributed by atoms with Crippen LogP contribution in [-0.4, -0.2) is 77.6 Å². The van der Waals surface area contributed by atoms with Crippen molar-refractivity contribution >= 4 is 21.0 Å². The first kappa shape index (κ1) is 37.1. The lowest BCUT2D eigenvalue weighted by molar-refractivity contribution is -0.458. The van der Waals surface area contributed by atoms with Crippen molar-refractivity contribution < 1.29 is 92.7 Å². The van der Waals surface area contributed by atoms with Crippen molar-refractivity contribution in [2.75, 3.05) is 12.5 Å². The molecule has 39 heavy (non-hydrogen) atoms. The zero-order valence-corrected chi connectivity index (χ0v) is 19.9. The molecule has 0 saturated carbocycles. The van der Waals surface area contributed by atoms with Crippen LogP contribution in [0.25, 0.3) is 0 Å². The van der Waals surface area contributed by atoms with Crippen molar-refractivity contribution in [2.24, 2.45) is 0 Å². The largest absolute Gasteiger partial charge is 0.743 e. The molecule has 0 spiro atoms. The number of rotatable bonds is 8. The van der Waals surface area contributed by atoms with Crippen LogP contribution < -0.4 is 0 Å². The van der Waals surface area contributed by atoms with Crippen LogP contribution in [0.15, 0.2) is 29.2 Å². The molecule has 0 radical (unpaired) electrons. The van der Waals surface area contributed by atoms with Crippen molar-refractivity contribution in [1.29, 1.82) is 0 Å². The molecule has 0 amide bonds. The maximum atomic E-state index is 13.0. The van der Waals surface area contributed by atoms with Gasteiger partial charge in [0.2, 0.25) is 0 Å². The van der Waals surface area contributed by atoms with Gasteiger partial charge in [-0.15, -0.1) is 0 Å². The molecule has 0 fully saturated rings. The molecule has 4 nitrogen and oxygen atoms in total. The summed E-state index contributed by atoms with van der Waals surface area (Å²) in [7, 11) is -7.84. The summed E-state index contributed by atoms with van der Waals surface area (Å²) in [5, 5.41) is 0.988. The summed E-state index contributed by atoms with van der Waals surface area (Å²) in [6.07, 6.45) is -3.57. The van der Waals surface area contributed by atoms with Gasteiger partial charge < -0.3 is 9.66 Å². The molecule has 0 heterocycles. The van der Waals surface area contributed by atoms with E-state index in [1.54, 1.807) is 12.1 Å². The van der Waals surface area contributed by atoms with Crippen LogP contribution in [0.4, 0.5) is 74.6 Å². The molecular weight excluding hydrogens is 643 g/mol. The molecule has 1 aromatic rings. The van der Waals surface area contributed by atoms with Crippen molar-refractivity contribution in [3.05, 3.63) is 24.3 Å². The maximum Gasteiger partial charge on any atom is 0.460 e. The molecule has 23 heteroatoms. The minimum Gasteiger partial charge on any atom is -0.743 e. The molecule has 1 aromatic carbocycles. The molecule has 0 saturated heterocycles. The van der Waals surface area contributed by atoms with Gasteiger partial charge in [0.05, 0.1) is 0 Å². The second-order valence-corrected chi connectivity index (χ2v) is 10.8. The fourth-order valence-electron chi connectivity index (χ4n) is 2.02. The van der Waals surface area contributed by atoms with Gasteiger partial charge in [-0.05, 0) is 24.3 Å². The van der Waals surface area contributed by atoms with Crippen molar-refractivity contribution in [2.45, 2.75) is 51.9 Å². The average molecular weight is 654 g/mol. The van der Waals surface area contributed by atoms with E-state index in [4.69, 9.17) is 5.11 Å². The highest BCUT2D eigenvalue weighted by atomic mass is 32.2. The van der Waals surface area contributed by atoms with Gasteiger partial charge in [-0.2, -0.15) is 74.6 Å². The summed E-state index contributed by atoms with van der Waals surface area (Å²) in [5.41, 5.74) is 0. The van der Waals surface area contributed by atoms with E-state index < -0.39 is 57.1 Å². The molecular formula is C16H11F17O4S2. The van der Waals surface area contributed by atoms with Crippen LogP contribution in [0.3, 0.4) is 0 Å². The van der Waals surface area contributed by atoms with E-state index >= 15 is 0 Å². The molecule has 0 atom stereocenters. The monoisotopic (exact) mass is 654 g/mol. The quantitative estimate of drug-likeness (QED) is 0.208. The molecule has 1 rings (SSSR count). The lowest BCUT2D eigenvalue weighted by Crippen LogP contribution is -2.75. The van der Waals surface area contributed by atoms with Crippen molar-refractivity contribution in [1.82, 2.24) is 0 Å². The Bertz CT molecular complexity index is 1100. The second kappa shape index (κ2) is 10.5. The Kier molecular flexibility index (Phi) is 9.98. The first-order chi connectivity index (χ1) is 16.7. The third kappa shape index (κ3) is 5.93. The topological polar surface area (TPSA) is 77.4 Å². The molecule has 1 N–H and O–H groups in total. The fraction of sp³-hybridized carbons (Fsp3) is 0.625. The summed E-state index contributed by atoms with van der Waals surface area (Å²) in [5.74, 6) is -51.8. The van der Waals surface area contributed by atoms with E-state index in [2.05, 4.69) is 12.5 Å². The first-order valence-electron chi connectivity index (χ1n) is 8.73. The number of hydrogen-bond acceptors (Lipinski definition) is 4. The first-order valence-corrected chi connectivity index (χ1v) is 12.2. The molecule has 0 bridgehead atoms. The van der Waals surface area contributed by atoms with Gasteiger partial charge in [-0.25, -0.2) is 8.42 Å². The Morgan fingerprint density at radius 2 is 0.872 bits per heavy atom. The minimum atomic E-state index is -8.92. The van der Waals surface area contributed by atoms with Gasteiger partial charge in [0.1, 0.15) is 18.3 Å². The predicted octanol–water partition coefficient (Wildman–Crippen LogP) is 6.13. The highest BCUT2D eigenvalue weighted by molar-refractivity contribution is 7.95. The van der Waals surface area contributed by atoms with Crippen LogP contribution in [-0.2, 0) is 21.0 Å². The Balaban J connectivity index is 0.00000120. The van der Waals surface area contributed by atoms with Crippen molar-refractivity contribution in [3.63, 3.8) is 0 Å². The standard InChI is InChI=1S/C8HF17O3S.C8H10OS/c9-1(10,3(13,14)5(17,18)7(21,22)23)2(11,12)4(15,16)6(19,20)8(24,25)29(26,27)28;1-10(2)8-5-3-7(9)4-6-8/h(H,26,27,28);3-6H,1-2H3. The summed E-state index contributed by atoms with van der Waals surface area (Å²) in [6.45, 7) is 0. The van der Waals surface area contributed by atoms with Gasteiger partial charge in [0.25, 0.3) is 0 Å². The smallest absolute Gasteiger partial charge is 0.460 e. The normalized spacial score (nSPS) is 15.2. The summed E-state index contributed by atoms with van der Waals surface area (Å²) < 4.78 is 244. The molecule has 0 aromatic heterocycles. The highest BCUT2D eigenvalue weighted by Gasteiger charge is 2.95. The number of halogens is 17. The van der Waals surface area contributed by atoms with Crippen molar-refractivity contribution in [3.8, 4) is 5.75 Å². The third-order valence-corrected chi connectivity index (χ3v) is 6.41. The second-order valence-electron chi connectivity index (χ2n) is 7.23. The van der Waals surface area contributed by atoms with E-state index in [9.17, 15) is 87.6 Å². The number of phenols is 1. The van der Waals surface area contributed by atoms with Crippen LogP contribution >= 0.6 is 0 Å². The predicted molar refractivity (Wildman–Crippen MR) is 96.0 cm³/mol. The van der Waals surface area contributed by atoms with E-state index in [-0.39, 0.29) is 0 Å². The van der Waals surface area contributed by atoms with Crippen LogP contribution in [0, 0.1) is 0 Å². The van der Waals surface area contributed by atoms with E-state index in [0.29, 0.717) is 16.6 Å². The molecule has 230 valence electrons. The van der Waals surface area contributed by atoms with E-state index in [1.165, 1.54) is 4.90 Å². The molecule has 0 aliphatic heterocycles. The Morgan fingerprint density at radius 3 is 1.13 bits per heavy atom. The van der Waals surface area contributed by atoms with Gasteiger partial charge in [0, 0.05) is 10.9 Å². The maximum absolute atomic E-state index is 13.0. The van der Waals surface area contributed by atoms with Gasteiger partial charge in [0.15, 0.2) is 15.0 Å². The molecule has 0 unspecified atom stereocenters. The zero-order chi connectivity index (χ0) is 32.1. The SMILES string of the molecule is C[S+](C)c1ccc(O)cc1.O=S(=O)([O-])C(F)(F)C(F)(F)C(F)(F)C(F)(F)C(F)(F)C(F)(F)C(F)(F)C(F)(F)F. The number of benzene rings is 1. The van der Waals surface area contributed by atoms with Gasteiger partial charge >= 0.3 is 47.0 Å². The van der Waals surface area contributed by atoms with Gasteiger partial charge in [-0.3, -0.25) is 0 Å². The third-order valence-electron chi connectivity index (χ3n) is 4.32. The summed E-state index contributed by atoms with van der Waals surface area (Å²) in [4.78, 5) is 1.29. The lowest BCUT2D eigenvalue weighted by Gasteiger charge is -2.42. The zero-order valence-electron chi connectivity index (χ0n) is 18.2. The molecule has 0 aliphatic rings. The molecule has 0 aliphatic carbocycles. The van der Waals surface area contributed by atoms with E-state index in [1.807, 2.05) is 12.1 Å². The number of alkyl halides is 17. The van der Waals surface area contributed by atoms with Crippen LogP contribution in [0.2, 0.25) is 0 Å². The minimum absolute atomic E-state index is 0.302. The number of hydrogen-bond donors (Lipinski definition) is 1. The Hall–Kier alpha value is -1.91. The number of aromatic hydroxyl groups is 1. The summed E-state index contributed by atoms with van der Waals surface area (Å²) >= 11 is 0. The summed E-state index contributed by atoms with van der Waals surface area (Å²) in [6, 6.07) is 7.36. The van der Waals surface area contributed by atoms with E-state index in [0.717, 1.165) is 0 Å². The lowest BCUT2D eigenvalue weighted by atomic mass is 9.91. The Morgan fingerprint density at radius 1 is 0.590 bits per heavy atom. The Labute approximate surface area is 208 Å². The fourth-order valence-corrected chi connectivity index (χ4v) is 3.15.